The Morgan fingerprint density at radius 1 is 1.00 bits per heavy atom. The number of benzene rings is 3. The summed E-state index contributed by atoms with van der Waals surface area (Å²) in [4.78, 5) is 28.6. The van der Waals surface area contributed by atoms with E-state index in [1.807, 2.05) is 30.3 Å². The van der Waals surface area contributed by atoms with Gasteiger partial charge in [0.15, 0.2) is 5.41 Å². The predicted molar refractivity (Wildman–Crippen MR) is 163 cm³/mol. The molecule has 0 fully saturated rings. The van der Waals surface area contributed by atoms with Crippen LogP contribution in [0.4, 0.5) is 5.69 Å². The summed E-state index contributed by atoms with van der Waals surface area (Å²) in [5.74, 6) is -0.768. The zero-order valence-electron chi connectivity index (χ0n) is 23.7. The van der Waals surface area contributed by atoms with E-state index in [1.54, 1.807) is 18.7 Å². The molecule has 0 N–H and O–H groups in total. The fourth-order valence-corrected chi connectivity index (χ4v) is 10.7. The molecule has 0 saturated heterocycles. The standard InChI is InChI=1S/C32H38BrNO4Si/c1-7-37-30(36)32(6)27-19-18-24(33)20-28(27)34(29(32)35)21-23(2)22-38-39(31(3,4)5,25-14-10-8-11-15-25)26-16-12-9-13-17-26/h8-20,23H,7,21-22H2,1-6H3/t23-,32?/m0/s1. The summed E-state index contributed by atoms with van der Waals surface area (Å²) in [7, 11) is -2.71. The number of nitrogens with zero attached hydrogens (tertiary/aromatic N) is 1. The van der Waals surface area contributed by atoms with Crippen LogP contribution in [0.2, 0.25) is 5.04 Å². The van der Waals surface area contributed by atoms with Crippen molar-refractivity contribution in [3.8, 4) is 0 Å². The Bertz CT molecular complexity index is 1290. The molecule has 1 heterocycles. The van der Waals surface area contributed by atoms with E-state index in [1.165, 1.54) is 10.4 Å². The molecule has 206 valence electrons. The van der Waals surface area contributed by atoms with Crippen LogP contribution in [-0.4, -0.2) is 40.0 Å². The molecule has 2 atom stereocenters. The molecule has 4 rings (SSSR count). The van der Waals surface area contributed by atoms with Crippen molar-refractivity contribution in [1.29, 1.82) is 0 Å². The normalized spacial score (nSPS) is 18.1. The fourth-order valence-electron chi connectivity index (χ4n) is 5.69. The van der Waals surface area contributed by atoms with Crippen LogP contribution in [0, 0.1) is 5.92 Å². The first kappa shape index (κ1) is 29.2. The highest BCUT2D eigenvalue weighted by Crippen LogP contribution is 2.44. The van der Waals surface area contributed by atoms with Crippen molar-refractivity contribution in [2.24, 2.45) is 5.92 Å². The van der Waals surface area contributed by atoms with Crippen molar-refractivity contribution in [2.75, 3.05) is 24.7 Å². The van der Waals surface area contributed by atoms with E-state index in [4.69, 9.17) is 9.16 Å². The van der Waals surface area contributed by atoms with E-state index in [9.17, 15) is 9.59 Å². The fraction of sp³-hybridized carbons (Fsp3) is 0.375. The molecule has 0 radical (unpaired) electrons. The second-order valence-electron chi connectivity index (χ2n) is 11.5. The Balaban J connectivity index is 1.66. The van der Waals surface area contributed by atoms with Crippen LogP contribution in [0.5, 0.6) is 0 Å². The van der Waals surface area contributed by atoms with Gasteiger partial charge < -0.3 is 14.1 Å². The number of fused-ring (bicyclic) bond motifs is 1. The highest BCUT2D eigenvalue weighted by Gasteiger charge is 2.54. The molecular weight excluding hydrogens is 570 g/mol. The van der Waals surface area contributed by atoms with Gasteiger partial charge in [-0.3, -0.25) is 9.59 Å². The molecule has 3 aromatic rings. The molecule has 3 aromatic carbocycles. The lowest BCUT2D eigenvalue weighted by Gasteiger charge is -2.43. The summed E-state index contributed by atoms with van der Waals surface area (Å²) >= 11 is 3.54. The van der Waals surface area contributed by atoms with Crippen LogP contribution in [0.3, 0.4) is 0 Å². The number of hydrogen-bond acceptors (Lipinski definition) is 4. The third-order valence-corrected chi connectivity index (χ3v) is 13.1. The van der Waals surface area contributed by atoms with E-state index in [0.717, 1.165) is 10.2 Å². The van der Waals surface area contributed by atoms with Crippen LogP contribution in [0.25, 0.3) is 0 Å². The Morgan fingerprint density at radius 2 is 1.56 bits per heavy atom. The minimum absolute atomic E-state index is 0.00646. The van der Waals surface area contributed by atoms with E-state index < -0.39 is 19.7 Å². The van der Waals surface area contributed by atoms with Crippen LogP contribution in [0.15, 0.2) is 83.3 Å². The molecule has 1 aliphatic heterocycles. The van der Waals surface area contributed by atoms with Gasteiger partial charge in [-0.25, -0.2) is 0 Å². The zero-order valence-corrected chi connectivity index (χ0v) is 26.2. The van der Waals surface area contributed by atoms with E-state index >= 15 is 0 Å². The number of amides is 1. The minimum Gasteiger partial charge on any atom is -0.465 e. The number of anilines is 1. The Labute approximate surface area is 241 Å². The van der Waals surface area contributed by atoms with Gasteiger partial charge in [0.1, 0.15) is 0 Å². The summed E-state index contributed by atoms with van der Waals surface area (Å²) in [5.41, 5.74) is 0.0430. The maximum Gasteiger partial charge on any atom is 0.326 e. The topological polar surface area (TPSA) is 55.8 Å². The minimum atomic E-state index is -2.71. The summed E-state index contributed by atoms with van der Waals surface area (Å²) in [6.45, 7) is 13.4. The molecule has 0 saturated carbocycles. The monoisotopic (exact) mass is 607 g/mol. The van der Waals surface area contributed by atoms with Crippen molar-refractivity contribution < 1.29 is 18.8 Å². The van der Waals surface area contributed by atoms with E-state index in [-0.39, 0.29) is 23.5 Å². The van der Waals surface area contributed by atoms with Crippen molar-refractivity contribution in [3.05, 3.63) is 88.9 Å². The molecule has 39 heavy (non-hydrogen) atoms. The lowest BCUT2D eigenvalue weighted by atomic mass is 9.84. The third-order valence-electron chi connectivity index (χ3n) is 7.64. The van der Waals surface area contributed by atoms with Crippen molar-refractivity contribution in [1.82, 2.24) is 0 Å². The molecule has 1 amide bonds. The number of rotatable bonds is 9. The predicted octanol–water partition coefficient (Wildman–Crippen LogP) is 5.83. The highest BCUT2D eigenvalue weighted by molar-refractivity contribution is 9.10. The summed E-state index contributed by atoms with van der Waals surface area (Å²) in [6.07, 6.45) is 0. The summed E-state index contributed by atoms with van der Waals surface area (Å²) < 4.78 is 13.3. The lowest BCUT2D eigenvalue weighted by Crippen LogP contribution is -2.67. The van der Waals surface area contributed by atoms with Gasteiger partial charge in [0.05, 0.1) is 6.61 Å². The van der Waals surface area contributed by atoms with E-state index in [2.05, 4.69) is 92.2 Å². The molecule has 1 aliphatic rings. The summed E-state index contributed by atoms with van der Waals surface area (Å²) in [5, 5.41) is 2.30. The second kappa shape index (κ2) is 11.4. The van der Waals surface area contributed by atoms with Gasteiger partial charge in [-0.05, 0) is 47.3 Å². The average Bonchev–Trinajstić information content (AvgIpc) is 3.11. The Hall–Kier alpha value is -2.74. The maximum absolute atomic E-state index is 13.8. The Kier molecular flexibility index (Phi) is 8.54. The third kappa shape index (κ3) is 5.24. The number of hydrogen-bond donors (Lipinski definition) is 0. The van der Waals surface area contributed by atoms with Crippen molar-refractivity contribution in [2.45, 2.75) is 52.0 Å². The van der Waals surface area contributed by atoms with Gasteiger partial charge in [0.25, 0.3) is 8.32 Å². The lowest BCUT2D eigenvalue weighted by molar-refractivity contribution is -0.152. The van der Waals surface area contributed by atoms with Crippen LogP contribution >= 0.6 is 15.9 Å². The quantitative estimate of drug-likeness (QED) is 0.174. The first-order valence-electron chi connectivity index (χ1n) is 13.5. The van der Waals surface area contributed by atoms with Crippen molar-refractivity contribution in [3.63, 3.8) is 0 Å². The smallest absolute Gasteiger partial charge is 0.326 e. The van der Waals surface area contributed by atoms with Crippen LogP contribution in [0.1, 0.15) is 47.1 Å². The van der Waals surface area contributed by atoms with Gasteiger partial charge in [-0.1, -0.05) is 110 Å². The molecule has 5 nitrogen and oxygen atoms in total. The van der Waals surface area contributed by atoms with Gasteiger partial charge in [-0.2, -0.15) is 0 Å². The van der Waals surface area contributed by atoms with Gasteiger partial charge in [-0.15, -0.1) is 0 Å². The first-order valence-corrected chi connectivity index (χ1v) is 16.2. The largest absolute Gasteiger partial charge is 0.465 e. The molecule has 0 aromatic heterocycles. The van der Waals surface area contributed by atoms with Crippen molar-refractivity contribution >= 4 is 52.2 Å². The number of ether oxygens (including phenoxy) is 1. The highest BCUT2D eigenvalue weighted by atomic mass is 79.9. The zero-order chi connectivity index (χ0) is 28.4. The molecule has 0 bridgehead atoms. The van der Waals surface area contributed by atoms with Crippen LogP contribution in [-0.2, 0) is 24.2 Å². The van der Waals surface area contributed by atoms with Gasteiger partial charge in [0, 0.05) is 28.9 Å². The molecular formula is C32H38BrNO4Si. The number of halogens is 1. The molecule has 1 unspecified atom stereocenters. The van der Waals surface area contributed by atoms with Gasteiger partial charge >= 0.3 is 5.97 Å². The number of carbonyl (C=O) groups excluding carboxylic acids is 2. The second-order valence-corrected chi connectivity index (χ2v) is 16.7. The molecule has 0 aliphatic carbocycles. The number of esters is 1. The maximum atomic E-state index is 13.8. The number of carbonyl (C=O) groups is 2. The van der Waals surface area contributed by atoms with Gasteiger partial charge in [0.2, 0.25) is 5.91 Å². The Morgan fingerprint density at radius 3 is 2.08 bits per heavy atom. The van der Waals surface area contributed by atoms with Crippen LogP contribution < -0.4 is 15.3 Å². The van der Waals surface area contributed by atoms with E-state index in [0.29, 0.717) is 18.7 Å². The molecule has 7 heteroatoms. The molecule has 0 spiro atoms. The SMILES string of the molecule is CCOC(=O)C1(C)C(=O)N(C[C@H](C)CO[Si](c2ccccc2)(c2ccccc2)C(C)(C)C)c2cc(Br)ccc21. The average molecular weight is 609 g/mol. The summed E-state index contributed by atoms with van der Waals surface area (Å²) in [6, 6.07) is 26.7. The first-order chi connectivity index (χ1) is 18.5.